The third kappa shape index (κ3) is 5.30. The first-order chi connectivity index (χ1) is 11.5. The second-order valence-corrected chi connectivity index (χ2v) is 8.10. The number of aliphatic hydroxyl groups excluding tert-OH is 1. The molecule has 2 bridgehead atoms. The molecule has 3 aliphatic rings. The second kappa shape index (κ2) is 10.9. The van der Waals surface area contributed by atoms with E-state index in [9.17, 15) is 0 Å². The van der Waals surface area contributed by atoms with Crippen LogP contribution in [0.15, 0.2) is 18.2 Å². The van der Waals surface area contributed by atoms with Crippen molar-refractivity contribution >= 4 is 30.5 Å². The molecule has 1 aromatic rings. The molecule has 0 radical (unpaired) electrons. The molecule has 0 spiro atoms. The number of rotatable bonds is 3. The zero-order valence-electron chi connectivity index (χ0n) is 17.1. The average molecular weight is 421 g/mol. The van der Waals surface area contributed by atoms with E-state index in [0.717, 1.165) is 17.9 Å². The number of nitrogens with zero attached hydrogens (tertiary/aromatic N) is 1. The first-order valence-corrected chi connectivity index (χ1v) is 9.69. The lowest BCUT2D eigenvalue weighted by Crippen LogP contribution is -2.58. The molecule has 4 N–H and O–H groups in total. The van der Waals surface area contributed by atoms with E-state index >= 15 is 0 Å². The third-order valence-electron chi connectivity index (χ3n) is 6.60. The number of halogens is 2. The Morgan fingerprint density at radius 3 is 2.44 bits per heavy atom. The molecule has 2 aliphatic carbocycles. The van der Waals surface area contributed by atoms with Crippen molar-refractivity contribution in [3.63, 3.8) is 0 Å². The molecule has 0 amide bonds. The van der Waals surface area contributed by atoms with E-state index in [4.69, 9.17) is 5.11 Å². The van der Waals surface area contributed by atoms with Crippen molar-refractivity contribution in [1.82, 2.24) is 4.90 Å². The van der Waals surface area contributed by atoms with Gasteiger partial charge in [-0.25, -0.2) is 0 Å². The Bertz CT molecular complexity index is 583. The summed E-state index contributed by atoms with van der Waals surface area (Å²) in [6.45, 7) is 9.59. The largest absolute Gasteiger partial charge is 0.412 e. The van der Waals surface area contributed by atoms with E-state index in [1.165, 1.54) is 44.5 Å². The first-order valence-electron chi connectivity index (χ1n) is 9.69. The summed E-state index contributed by atoms with van der Waals surface area (Å²) < 4.78 is 0. The number of hydrogen-bond donors (Lipinski definition) is 2. The fourth-order valence-electron chi connectivity index (χ4n) is 4.72. The summed E-state index contributed by atoms with van der Waals surface area (Å²) in [6, 6.07) is 7.80. The molecule has 2 fully saturated rings. The van der Waals surface area contributed by atoms with Crippen LogP contribution in [0.5, 0.6) is 0 Å². The quantitative estimate of drug-likeness (QED) is 0.783. The fraction of sp³-hybridized carbons (Fsp3) is 0.714. The number of aliphatic hydroxyl groups is 1. The number of likely N-dealkylation sites (tertiary alicyclic amines) is 1. The Kier molecular flexibility index (Phi) is 10.7. The summed E-state index contributed by atoms with van der Waals surface area (Å²) in [5.74, 6) is 1.78. The maximum absolute atomic E-state index is 7.57. The molecule has 1 saturated carbocycles. The maximum Gasteiger partial charge on any atom is 0.0402 e. The second-order valence-electron chi connectivity index (χ2n) is 8.10. The smallest absolute Gasteiger partial charge is 0.0402 e. The normalized spacial score (nSPS) is 28.2. The molecule has 1 aliphatic heterocycles. The lowest BCUT2D eigenvalue weighted by Gasteiger charge is -2.55. The Labute approximate surface area is 177 Å². The highest BCUT2D eigenvalue weighted by Crippen LogP contribution is 2.49. The minimum absolute atomic E-state index is 0. The van der Waals surface area contributed by atoms with E-state index < -0.39 is 0 Å². The summed E-state index contributed by atoms with van der Waals surface area (Å²) in [6.07, 6.45) is 5.51. The molecule has 1 aromatic carbocycles. The summed E-state index contributed by atoms with van der Waals surface area (Å²) in [5.41, 5.74) is 4.84. The van der Waals surface area contributed by atoms with Crippen LogP contribution in [0.3, 0.4) is 0 Å². The highest BCUT2D eigenvalue weighted by atomic mass is 35.5. The van der Waals surface area contributed by atoms with Gasteiger partial charge < -0.3 is 15.9 Å². The van der Waals surface area contributed by atoms with Gasteiger partial charge in [0, 0.05) is 31.9 Å². The van der Waals surface area contributed by atoms with E-state index in [1.54, 1.807) is 18.1 Å². The molecule has 4 rings (SSSR count). The summed E-state index contributed by atoms with van der Waals surface area (Å²) in [7, 11) is 2.03. The highest BCUT2D eigenvalue weighted by Gasteiger charge is 2.48. The van der Waals surface area contributed by atoms with E-state index in [1.807, 2.05) is 7.05 Å². The maximum atomic E-state index is 7.57. The van der Waals surface area contributed by atoms with E-state index in [2.05, 4.69) is 42.3 Å². The van der Waals surface area contributed by atoms with Gasteiger partial charge in [-0.1, -0.05) is 19.9 Å². The van der Waals surface area contributed by atoms with Crippen molar-refractivity contribution in [2.24, 2.45) is 11.8 Å². The van der Waals surface area contributed by atoms with Crippen LogP contribution in [-0.4, -0.2) is 48.3 Å². The van der Waals surface area contributed by atoms with Gasteiger partial charge in [-0.3, -0.25) is 4.90 Å². The Balaban J connectivity index is 0.00000106. The number of fused-ring (bicyclic) bond motifs is 4. The molecular weight excluding hydrogens is 383 g/mol. The number of piperidine rings is 1. The van der Waals surface area contributed by atoms with Crippen molar-refractivity contribution in [2.75, 3.05) is 32.1 Å². The van der Waals surface area contributed by atoms with Crippen molar-refractivity contribution in [2.45, 2.75) is 57.9 Å². The Morgan fingerprint density at radius 2 is 1.89 bits per heavy atom. The molecule has 3 atom stereocenters. The molecule has 158 valence electrons. The van der Waals surface area contributed by atoms with Gasteiger partial charge in [0.1, 0.15) is 0 Å². The highest BCUT2D eigenvalue weighted by molar-refractivity contribution is 5.85. The van der Waals surface area contributed by atoms with Gasteiger partial charge in [0.15, 0.2) is 0 Å². The lowest BCUT2D eigenvalue weighted by atomic mass is 9.59. The standard InChI is InChI=1S/C19H28N2.C2H6O.2ClH.H2O/c1-13-18-10-15-6-7-16(20-3)11-17(15)19(13,2)8-9-21(18)12-14-4-5-14;1-2-3;;;/h6-7,11,13-14,18,20H,4-5,8-10,12H2,1-3H3;3H,2H2,1H3;2*1H;1H2/t13-,18-,19-;;;;/m1..../s1. The number of hydrogen-bond acceptors (Lipinski definition) is 3. The van der Waals surface area contributed by atoms with Crippen LogP contribution in [0.25, 0.3) is 0 Å². The van der Waals surface area contributed by atoms with Crippen LogP contribution < -0.4 is 5.32 Å². The Morgan fingerprint density at radius 1 is 1.26 bits per heavy atom. The van der Waals surface area contributed by atoms with Crippen LogP contribution in [-0.2, 0) is 11.8 Å². The van der Waals surface area contributed by atoms with E-state index in [0.29, 0.717) is 5.41 Å². The van der Waals surface area contributed by atoms with Crippen LogP contribution in [0.4, 0.5) is 5.69 Å². The van der Waals surface area contributed by atoms with Gasteiger partial charge in [0.05, 0.1) is 0 Å². The SMILES string of the molecule is CCO.CNc1ccc2c(c1)[C@]1(C)CCN(CC3CC3)[C@H](C2)[C@H]1C.Cl.Cl.O. The molecule has 0 unspecified atom stereocenters. The van der Waals surface area contributed by atoms with Gasteiger partial charge in [0.2, 0.25) is 0 Å². The van der Waals surface area contributed by atoms with Gasteiger partial charge >= 0.3 is 0 Å². The first kappa shape index (κ1) is 26.5. The van der Waals surface area contributed by atoms with Crippen LogP contribution in [0.2, 0.25) is 0 Å². The molecule has 6 heteroatoms. The van der Waals surface area contributed by atoms with Gasteiger partial charge in [0.25, 0.3) is 0 Å². The molecule has 1 heterocycles. The lowest BCUT2D eigenvalue weighted by molar-refractivity contribution is 0.0284. The van der Waals surface area contributed by atoms with Gasteiger partial charge in [-0.2, -0.15) is 0 Å². The minimum atomic E-state index is 0. The predicted octanol–water partition coefficient (Wildman–Crippen LogP) is 3.68. The molecule has 27 heavy (non-hydrogen) atoms. The summed E-state index contributed by atoms with van der Waals surface area (Å²) in [5, 5.41) is 10.9. The van der Waals surface area contributed by atoms with Gasteiger partial charge in [-0.05, 0) is 79.7 Å². The van der Waals surface area contributed by atoms with Gasteiger partial charge in [-0.15, -0.1) is 24.8 Å². The molecule has 0 aromatic heterocycles. The van der Waals surface area contributed by atoms with Crippen molar-refractivity contribution in [1.29, 1.82) is 0 Å². The van der Waals surface area contributed by atoms with Crippen molar-refractivity contribution in [3.05, 3.63) is 29.3 Å². The zero-order valence-corrected chi connectivity index (χ0v) is 18.8. The topological polar surface area (TPSA) is 67.0 Å². The monoisotopic (exact) mass is 420 g/mol. The fourth-order valence-corrected chi connectivity index (χ4v) is 4.72. The molecule has 4 nitrogen and oxygen atoms in total. The predicted molar refractivity (Wildman–Crippen MR) is 120 cm³/mol. The molecular formula is C21H38Cl2N2O2. The van der Waals surface area contributed by atoms with Crippen molar-refractivity contribution < 1.29 is 10.6 Å². The van der Waals surface area contributed by atoms with Crippen LogP contribution in [0.1, 0.15) is 51.2 Å². The summed E-state index contributed by atoms with van der Waals surface area (Å²) in [4.78, 5) is 2.82. The zero-order chi connectivity index (χ0) is 17.3. The Hall–Kier alpha value is -0.520. The van der Waals surface area contributed by atoms with Crippen LogP contribution in [0, 0.1) is 11.8 Å². The van der Waals surface area contributed by atoms with Crippen LogP contribution >= 0.6 is 24.8 Å². The number of benzene rings is 1. The van der Waals surface area contributed by atoms with Crippen molar-refractivity contribution in [3.8, 4) is 0 Å². The summed E-state index contributed by atoms with van der Waals surface area (Å²) >= 11 is 0. The average Bonchev–Trinajstić information content (AvgIpc) is 3.38. The minimum Gasteiger partial charge on any atom is -0.412 e. The number of anilines is 1. The molecule has 1 saturated heterocycles. The van der Waals surface area contributed by atoms with E-state index in [-0.39, 0.29) is 36.9 Å². The third-order valence-corrected chi connectivity index (χ3v) is 6.60. The number of nitrogens with one attached hydrogen (secondary N) is 1.